The van der Waals surface area contributed by atoms with Gasteiger partial charge in [-0.25, -0.2) is 4.98 Å². The third-order valence-electron chi connectivity index (χ3n) is 4.78. The Morgan fingerprint density at radius 2 is 2.27 bits per heavy atom. The maximum atomic E-state index is 12.7. The Kier molecular flexibility index (Phi) is 4.55. The largest absolute Gasteiger partial charge is 0.348 e. The molecule has 3 aromatic heterocycles. The quantitative estimate of drug-likeness (QED) is 0.743. The molecule has 26 heavy (non-hydrogen) atoms. The Labute approximate surface area is 156 Å². The smallest absolute Gasteiger partial charge is 0.263 e. The van der Waals surface area contributed by atoms with Gasteiger partial charge in [-0.3, -0.25) is 14.9 Å². The van der Waals surface area contributed by atoms with E-state index >= 15 is 0 Å². The van der Waals surface area contributed by atoms with Gasteiger partial charge in [-0.15, -0.1) is 11.3 Å². The zero-order valence-corrected chi connectivity index (χ0v) is 15.7. The molecule has 1 unspecified atom stereocenters. The zero-order chi connectivity index (χ0) is 18.1. The molecule has 0 spiro atoms. The summed E-state index contributed by atoms with van der Waals surface area (Å²) in [6.07, 6.45) is 5.10. The zero-order valence-electron chi connectivity index (χ0n) is 14.9. The van der Waals surface area contributed by atoms with Crippen LogP contribution in [0.2, 0.25) is 0 Å². The molecule has 0 bridgehead atoms. The number of H-pyrrole nitrogens is 1. The highest BCUT2D eigenvalue weighted by Crippen LogP contribution is 2.24. The molecule has 7 heteroatoms. The highest BCUT2D eigenvalue weighted by Gasteiger charge is 2.25. The summed E-state index contributed by atoms with van der Waals surface area (Å²) in [5.41, 5.74) is 5.27. The van der Waals surface area contributed by atoms with Gasteiger partial charge in [0.1, 0.15) is 4.88 Å². The Hall–Kier alpha value is -2.54. The number of fused-ring (bicyclic) bond motifs is 1. The van der Waals surface area contributed by atoms with E-state index in [1.165, 1.54) is 16.9 Å². The lowest BCUT2D eigenvalue weighted by Crippen LogP contribution is -2.38. The molecule has 4 rings (SSSR count). The minimum atomic E-state index is -0.0343. The third-order valence-corrected chi connectivity index (χ3v) is 5.94. The number of pyridine rings is 1. The van der Waals surface area contributed by atoms with Crippen molar-refractivity contribution in [2.75, 3.05) is 0 Å². The number of aromatic amines is 1. The lowest BCUT2D eigenvalue weighted by Gasteiger charge is -2.22. The number of hydrogen-bond acceptors (Lipinski definition) is 5. The van der Waals surface area contributed by atoms with Crippen molar-refractivity contribution in [1.82, 2.24) is 25.5 Å². The van der Waals surface area contributed by atoms with E-state index in [0.717, 1.165) is 47.0 Å². The van der Waals surface area contributed by atoms with Crippen LogP contribution in [0.1, 0.15) is 49.4 Å². The Morgan fingerprint density at radius 1 is 1.38 bits per heavy atom. The standard InChI is InChI=1S/C19H21N5OS/c1-11-15-7-6-14(9-16(15)24-23-11)22-19(25)18-12(2)21-17(26-18)10-13-5-3-4-8-20-13/h3-5,8,14H,6-7,9-10H2,1-2H3,(H,22,25)(H,23,24). The van der Waals surface area contributed by atoms with Crippen LogP contribution >= 0.6 is 11.3 Å². The lowest BCUT2D eigenvalue weighted by molar-refractivity contribution is 0.0937. The molecule has 1 atom stereocenters. The van der Waals surface area contributed by atoms with Crippen molar-refractivity contribution < 1.29 is 4.79 Å². The number of carbonyl (C=O) groups is 1. The van der Waals surface area contributed by atoms with Crippen molar-refractivity contribution in [2.45, 2.75) is 45.6 Å². The molecule has 1 aliphatic carbocycles. The maximum Gasteiger partial charge on any atom is 0.263 e. The molecular formula is C19H21N5OS. The van der Waals surface area contributed by atoms with Crippen molar-refractivity contribution in [3.8, 4) is 0 Å². The number of carbonyl (C=O) groups excluding carboxylic acids is 1. The van der Waals surface area contributed by atoms with E-state index in [9.17, 15) is 4.79 Å². The SMILES string of the molecule is Cc1nc(Cc2ccccn2)sc1C(=O)NC1CCc2c(n[nH]c2C)C1. The van der Waals surface area contributed by atoms with Crippen LogP contribution in [0, 0.1) is 13.8 Å². The molecule has 1 aliphatic rings. The fourth-order valence-electron chi connectivity index (χ4n) is 3.43. The van der Waals surface area contributed by atoms with Crippen molar-refractivity contribution in [3.63, 3.8) is 0 Å². The van der Waals surface area contributed by atoms with Gasteiger partial charge in [0.05, 0.1) is 16.4 Å². The second kappa shape index (κ2) is 6.99. The summed E-state index contributed by atoms with van der Waals surface area (Å²) >= 11 is 1.46. The lowest BCUT2D eigenvalue weighted by atomic mass is 9.92. The van der Waals surface area contributed by atoms with E-state index in [1.54, 1.807) is 6.20 Å². The normalized spacial score (nSPS) is 16.3. The number of rotatable bonds is 4. The minimum absolute atomic E-state index is 0.0343. The molecule has 2 N–H and O–H groups in total. The van der Waals surface area contributed by atoms with Gasteiger partial charge in [-0.1, -0.05) is 6.07 Å². The first-order valence-electron chi connectivity index (χ1n) is 8.80. The number of amides is 1. The summed E-state index contributed by atoms with van der Waals surface area (Å²) in [7, 11) is 0. The average molecular weight is 367 g/mol. The molecule has 0 aromatic carbocycles. The topological polar surface area (TPSA) is 83.6 Å². The van der Waals surface area contributed by atoms with Crippen LogP contribution in [0.5, 0.6) is 0 Å². The second-order valence-corrected chi connectivity index (χ2v) is 7.79. The van der Waals surface area contributed by atoms with Gasteiger partial charge < -0.3 is 5.32 Å². The Bertz CT molecular complexity index is 931. The van der Waals surface area contributed by atoms with Gasteiger partial charge in [0.2, 0.25) is 0 Å². The fourth-order valence-corrected chi connectivity index (χ4v) is 4.41. The molecule has 1 amide bonds. The van der Waals surface area contributed by atoms with Crippen LogP contribution in [0.3, 0.4) is 0 Å². The molecular weight excluding hydrogens is 346 g/mol. The fraction of sp³-hybridized carbons (Fsp3) is 0.368. The van der Waals surface area contributed by atoms with Crippen LogP contribution < -0.4 is 5.32 Å². The van der Waals surface area contributed by atoms with Crippen LogP contribution in [0.25, 0.3) is 0 Å². The predicted octanol–water partition coefficient (Wildman–Crippen LogP) is 2.76. The maximum absolute atomic E-state index is 12.7. The Balaban J connectivity index is 1.44. The molecule has 0 saturated carbocycles. The number of aryl methyl sites for hydroxylation is 2. The highest BCUT2D eigenvalue weighted by atomic mass is 32.1. The van der Waals surface area contributed by atoms with Crippen LogP contribution in [0.15, 0.2) is 24.4 Å². The number of nitrogens with zero attached hydrogens (tertiary/aromatic N) is 3. The van der Waals surface area contributed by atoms with Gasteiger partial charge in [-0.05, 0) is 44.4 Å². The molecule has 0 saturated heterocycles. The molecule has 134 valence electrons. The van der Waals surface area contributed by atoms with Gasteiger partial charge >= 0.3 is 0 Å². The summed E-state index contributed by atoms with van der Waals surface area (Å²) in [4.78, 5) is 22.3. The summed E-state index contributed by atoms with van der Waals surface area (Å²) in [6, 6.07) is 5.96. The number of aromatic nitrogens is 4. The molecule has 0 radical (unpaired) electrons. The molecule has 0 aliphatic heterocycles. The van der Waals surface area contributed by atoms with E-state index in [2.05, 4.69) is 32.4 Å². The van der Waals surface area contributed by atoms with E-state index in [1.807, 2.05) is 25.1 Å². The van der Waals surface area contributed by atoms with E-state index in [-0.39, 0.29) is 11.9 Å². The third kappa shape index (κ3) is 3.39. The number of nitrogens with one attached hydrogen (secondary N) is 2. The van der Waals surface area contributed by atoms with E-state index in [4.69, 9.17) is 0 Å². The van der Waals surface area contributed by atoms with Gasteiger partial charge in [0.25, 0.3) is 5.91 Å². The van der Waals surface area contributed by atoms with Crippen molar-refractivity contribution in [1.29, 1.82) is 0 Å². The average Bonchev–Trinajstić information content (AvgIpc) is 3.18. The molecule has 6 nitrogen and oxygen atoms in total. The number of hydrogen-bond donors (Lipinski definition) is 2. The molecule has 3 heterocycles. The van der Waals surface area contributed by atoms with Crippen LogP contribution in [0.4, 0.5) is 0 Å². The first-order valence-corrected chi connectivity index (χ1v) is 9.61. The first-order chi connectivity index (χ1) is 12.6. The number of thiazole rings is 1. The van der Waals surface area contributed by atoms with Gasteiger partial charge in [0.15, 0.2) is 0 Å². The van der Waals surface area contributed by atoms with E-state index < -0.39 is 0 Å². The van der Waals surface area contributed by atoms with Gasteiger partial charge in [-0.2, -0.15) is 5.10 Å². The van der Waals surface area contributed by atoms with Crippen molar-refractivity contribution >= 4 is 17.2 Å². The van der Waals surface area contributed by atoms with Crippen molar-refractivity contribution in [2.24, 2.45) is 0 Å². The summed E-state index contributed by atoms with van der Waals surface area (Å²) in [5.74, 6) is -0.0343. The first kappa shape index (κ1) is 16.9. The van der Waals surface area contributed by atoms with Crippen LogP contribution in [-0.4, -0.2) is 32.1 Å². The molecule has 3 aromatic rings. The monoisotopic (exact) mass is 367 g/mol. The summed E-state index contributed by atoms with van der Waals surface area (Å²) in [5, 5.41) is 11.5. The van der Waals surface area contributed by atoms with E-state index in [0.29, 0.717) is 11.3 Å². The van der Waals surface area contributed by atoms with Crippen LogP contribution in [-0.2, 0) is 19.3 Å². The highest BCUT2D eigenvalue weighted by molar-refractivity contribution is 7.13. The summed E-state index contributed by atoms with van der Waals surface area (Å²) in [6.45, 7) is 3.94. The van der Waals surface area contributed by atoms with Crippen molar-refractivity contribution in [3.05, 3.63) is 62.6 Å². The van der Waals surface area contributed by atoms with Gasteiger partial charge in [0, 0.05) is 36.5 Å². The second-order valence-electron chi connectivity index (χ2n) is 6.71. The summed E-state index contributed by atoms with van der Waals surface area (Å²) < 4.78 is 0. The minimum Gasteiger partial charge on any atom is -0.348 e. The molecule has 0 fully saturated rings. The Morgan fingerprint density at radius 3 is 3.08 bits per heavy atom. The predicted molar refractivity (Wildman–Crippen MR) is 100 cm³/mol.